The highest BCUT2D eigenvalue weighted by Gasteiger charge is 2.22. The lowest BCUT2D eigenvalue weighted by Crippen LogP contribution is -2.10. The van der Waals surface area contributed by atoms with Crippen molar-refractivity contribution in [2.24, 2.45) is 0 Å². The summed E-state index contributed by atoms with van der Waals surface area (Å²) >= 11 is 1.87. The van der Waals surface area contributed by atoms with Gasteiger partial charge >= 0.3 is 0 Å². The Bertz CT molecular complexity index is 3250. The van der Waals surface area contributed by atoms with E-state index in [-0.39, 0.29) is 0 Å². The fourth-order valence-electron chi connectivity index (χ4n) is 8.66. The third-order valence-electron chi connectivity index (χ3n) is 11.2. The summed E-state index contributed by atoms with van der Waals surface area (Å²) in [5.74, 6) is 0. The maximum Gasteiger partial charge on any atom is 0.0640 e. The van der Waals surface area contributed by atoms with Crippen LogP contribution in [0.15, 0.2) is 212 Å². The van der Waals surface area contributed by atoms with Gasteiger partial charge in [-0.05, 0) is 108 Å². The molecular formula is C54H35NS. The van der Waals surface area contributed by atoms with E-state index in [0.29, 0.717) is 0 Å². The van der Waals surface area contributed by atoms with Crippen LogP contribution in [0.3, 0.4) is 0 Å². The molecule has 56 heavy (non-hydrogen) atoms. The molecule has 0 aliphatic heterocycles. The first-order valence-corrected chi connectivity index (χ1v) is 20.0. The van der Waals surface area contributed by atoms with E-state index in [2.05, 4.69) is 217 Å². The second-order valence-corrected chi connectivity index (χ2v) is 15.5. The van der Waals surface area contributed by atoms with E-state index in [9.17, 15) is 0 Å². The third kappa shape index (κ3) is 5.38. The molecule has 1 aromatic heterocycles. The molecule has 0 bridgehead atoms. The fraction of sp³-hybridized carbons (Fsp3) is 0. The summed E-state index contributed by atoms with van der Waals surface area (Å²) in [4.78, 5) is 2.48. The zero-order valence-electron chi connectivity index (χ0n) is 30.6. The van der Waals surface area contributed by atoms with Crippen LogP contribution in [0, 0.1) is 0 Å². The van der Waals surface area contributed by atoms with Gasteiger partial charge in [0.2, 0.25) is 0 Å². The van der Waals surface area contributed by atoms with Crippen molar-refractivity contribution in [1.29, 1.82) is 0 Å². The average Bonchev–Trinajstić information content (AvgIpc) is 3.66. The summed E-state index contributed by atoms with van der Waals surface area (Å²) in [6, 6.07) is 77.8. The molecule has 262 valence electrons. The Kier molecular flexibility index (Phi) is 7.75. The lowest BCUT2D eigenvalue weighted by molar-refractivity contribution is 1.31. The summed E-state index contributed by atoms with van der Waals surface area (Å²) in [6.45, 7) is 0. The van der Waals surface area contributed by atoms with Gasteiger partial charge in [-0.25, -0.2) is 0 Å². The Morgan fingerprint density at radius 2 is 0.875 bits per heavy atom. The average molecular weight is 730 g/mol. The van der Waals surface area contributed by atoms with Crippen molar-refractivity contribution >= 4 is 80.9 Å². The summed E-state index contributed by atoms with van der Waals surface area (Å²) in [5.41, 5.74) is 10.7. The van der Waals surface area contributed by atoms with Crippen molar-refractivity contribution in [1.82, 2.24) is 0 Å². The van der Waals surface area contributed by atoms with Crippen molar-refractivity contribution in [3.8, 4) is 33.4 Å². The fourth-order valence-corrected chi connectivity index (χ4v) is 9.86. The van der Waals surface area contributed by atoms with Crippen LogP contribution >= 0.6 is 11.3 Å². The van der Waals surface area contributed by atoms with Crippen molar-refractivity contribution < 1.29 is 0 Å². The topological polar surface area (TPSA) is 3.24 Å². The number of benzene rings is 10. The van der Waals surface area contributed by atoms with Crippen LogP contribution in [0.4, 0.5) is 17.1 Å². The molecule has 1 heterocycles. The molecule has 10 aromatic carbocycles. The van der Waals surface area contributed by atoms with E-state index in [0.717, 1.165) is 11.4 Å². The minimum Gasteiger partial charge on any atom is -0.309 e. The van der Waals surface area contributed by atoms with Crippen LogP contribution in [0.25, 0.3) is 85.9 Å². The number of anilines is 3. The van der Waals surface area contributed by atoms with Gasteiger partial charge in [0.05, 0.1) is 10.4 Å². The first-order chi connectivity index (χ1) is 27.8. The molecule has 0 spiro atoms. The SMILES string of the molecule is c1ccc(-c2c(-c3ccccc3)c3cc(N(c4cccc(-c5ccc6ccccc6c5)c4)c4cccc5c4sc4ccccc45)ccc3c3ccccc23)cc1. The van der Waals surface area contributed by atoms with Gasteiger partial charge < -0.3 is 4.90 Å². The lowest BCUT2D eigenvalue weighted by atomic mass is 9.85. The monoisotopic (exact) mass is 729 g/mol. The number of thiophene rings is 1. The molecule has 0 N–H and O–H groups in total. The molecule has 11 rings (SSSR count). The van der Waals surface area contributed by atoms with Gasteiger partial charge in [0.15, 0.2) is 0 Å². The van der Waals surface area contributed by atoms with Gasteiger partial charge in [-0.2, -0.15) is 0 Å². The first-order valence-electron chi connectivity index (χ1n) is 19.2. The molecule has 2 heteroatoms. The minimum atomic E-state index is 1.12. The highest BCUT2D eigenvalue weighted by Crippen LogP contribution is 2.49. The van der Waals surface area contributed by atoms with E-state index in [4.69, 9.17) is 0 Å². The largest absolute Gasteiger partial charge is 0.309 e. The summed E-state index contributed by atoms with van der Waals surface area (Å²) in [6.07, 6.45) is 0. The molecular weight excluding hydrogens is 695 g/mol. The van der Waals surface area contributed by atoms with Gasteiger partial charge in [0.25, 0.3) is 0 Å². The third-order valence-corrected chi connectivity index (χ3v) is 12.4. The molecule has 0 fully saturated rings. The van der Waals surface area contributed by atoms with Gasteiger partial charge in [0, 0.05) is 26.8 Å². The Hall–Kier alpha value is -7.00. The van der Waals surface area contributed by atoms with Gasteiger partial charge in [-0.3, -0.25) is 0 Å². The van der Waals surface area contributed by atoms with Crippen LogP contribution in [-0.4, -0.2) is 0 Å². The van der Waals surface area contributed by atoms with Crippen LogP contribution < -0.4 is 4.90 Å². The Balaban J connectivity index is 1.21. The lowest BCUT2D eigenvalue weighted by Gasteiger charge is -2.28. The Labute approximate surface area is 330 Å². The Morgan fingerprint density at radius 1 is 0.304 bits per heavy atom. The highest BCUT2D eigenvalue weighted by molar-refractivity contribution is 7.26. The zero-order valence-corrected chi connectivity index (χ0v) is 31.4. The molecule has 0 atom stereocenters. The summed E-state index contributed by atoms with van der Waals surface area (Å²) in [7, 11) is 0. The normalized spacial score (nSPS) is 11.6. The van der Waals surface area contributed by atoms with E-state index < -0.39 is 0 Å². The van der Waals surface area contributed by atoms with Crippen molar-refractivity contribution in [3.63, 3.8) is 0 Å². The predicted molar refractivity (Wildman–Crippen MR) is 243 cm³/mol. The van der Waals surface area contributed by atoms with Gasteiger partial charge in [-0.1, -0.05) is 170 Å². The van der Waals surface area contributed by atoms with Crippen LogP contribution in [0.2, 0.25) is 0 Å². The van der Waals surface area contributed by atoms with Crippen LogP contribution in [0.5, 0.6) is 0 Å². The quantitative estimate of drug-likeness (QED) is 0.154. The first kappa shape index (κ1) is 32.4. The maximum atomic E-state index is 2.48. The maximum absolute atomic E-state index is 2.48. The number of hydrogen-bond acceptors (Lipinski definition) is 2. The van der Waals surface area contributed by atoms with Gasteiger partial charge in [0.1, 0.15) is 0 Å². The van der Waals surface area contributed by atoms with Crippen LogP contribution in [-0.2, 0) is 0 Å². The second kappa shape index (κ2) is 13.4. The molecule has 0 aliphatic rings. The number of hydrogen-bond donors (Lipinski definition) is 0. The molecule has 0 saturated heterocycles. The van der Waals surface area contributed by atoms with Crippen molar-refractivity contribution in [3.05, 3.63) is 212 Å². The number of rotatable bonds is 6. The molecule has 11 aromatic rings. The van der Waals surface area contributed by atoms with E-state index in [1.165, 1.54) is 91.6 Å². The second-order valence-electron chi connectivity index (χ2n) is 14.5. The Morgan fingerprint density at radius 3 is 1.68 bits per heavy atom. The molecule has 1 nitrogen and oxygen atoms in total. The summed E-state index contributed by atoms with van der Waals surface area (Å²) < 4.78 is 2.57. The molecule has 0 aliphatic carbocycles. The van der Waals surface area contributed by atoms with Crippen LogP contribution in [0.1, 0.15) is 0 Å². The standard InChI is InChI=1S/C54H35NS/c1-3-16-37(17-4-1)52-47-25-10-9-23-44(47)45-32-31-43(35-49(45)53(52)38-18-5-2-6-19-38)55(50-27-14-26-48-46-24-11-12-28-51(46)56-54(48)50)42-22-13-21-40(34-42)41-30-29-36-15-7-8-20-39(36)33-41/h1-35H. The molecule has 0 saturated carbocycles. The van der Waals surface area contributed by atoms with E-state index in [1.807, 2.05) is 11.3 Å². The minimum absolute atomic E-state index is 1.12. The highest BCUT2D eigenvalue weighted by atomic mass is 32.1. The molecule has 0 radical (unpaired) electrons. The predicted octanol–water partition coefficient (Wildman–Crippen LogP) is 16.0. The van der Waals surface area contributed by atoms with E-state index in [1.54, 1.807) is 0 Å². The number of nitrogens with zero attached hydrogens (tertiary/aromatic N) is 1. The molecule has 0 amide bonds. The smallest absolute Gasteiger partial charge is 0.0640 e. The van der Waals surface area contributed by atoms with Crippen molar-refractivity contribution in [2.75, 3.05) is 4.90 Å². The number of fused-ring (bicyclic) bond motifs is 7. The van der Waals surface area contributed by atoms with E-state index >= 15 is 0 Å². The van der Waals surface area contributed by atoms with Crippen molar-refractivity contribution in [2.45, 2.75) is 0 Å². The molecule has 0 unspecified atom stereocenters. The zero-order chi connectivity index (χ0) is 37.0. The summed E-state index contributed by atoms with van der Waals surface area (Å²) in [5, 5.41) is 10.0. The van der Waals surface area contributed by atoms with Gasteiger partial charge in [-0.15, -0.1) is 11.3 Å².